The Morgan fingerprint density at radius 3 is 2.30 bits per heavy atom. The van der Waals surface area contributed by atoms with E-state index in [0.717, 1.165) is 20.1 Å². The van der Waals surface area contributed by atoms with Crippen LogP contribution in [0.1, 0.15) is 17.2 Å². The maximum absolute atomic E-state index is 12.3. The molecule has 2 unspecified atom stereocenters. The molecule has 6 heteroatoms. The number of halogens is 2. The van der Waals surface area contributed by atoms with Crippen LogP contribution >= 0.6 is 31.9 Å². The van der Waals surface area contributed by atoms with Gasteiger partial charge in [0.15, 0.2) is 0 Å². The van der Waals surface area contributed by atoms with Gasteiger partial charge in [-0.3, -0.25) is 4.79 Å². The van der Waals surface area contributed by atoms with Crippen LogP contribution in [0, 0.1) is 0 Å². The van der Waals surface area contributed by atoms with Crippen LogP contribution in [-0.2, 0) is 11.2 Å². The van der Waals surface area contributed by atoms with E-state index < -0.39 is 12.1 Å². The first kappa shape index (κ1) is 18.1. The lowest BCUT2D eigenvalue weighted by Crippen LogP contribution is -2.44. The third kappa shape index (κ3) is 5.42. The van der Waals surface area contributed by atoms with Crippen LogP contribution in [0.3, 0.4) is 0 Å². The minimum atomic E-state index is -0.686. The quantitative estimate of drug-likeness (QED) is 0.645. The van der Waals surface area contributed by atoms with E-state index in [2.05, 4.69) is 37.2 Å². The molecule has 0 aliphatic rings. The van der Waals surface area contributed by atoms with Crippen LogP contribution in [0.5, 0.6) is 0 Å². The highest BCUT2D eigenvalue weighted by Crippen LogP contribution is 2.21. The molecule has 0 saturated carbocycles. The summed E-state index contributed by atoms with van der Waals surface area (Å²) in [5.41, 5.74) is 7.81. The molecular formula is C17H18Br2N2O2. The SMILES string of the molecule is NC(Cc1cc(Br)cc(Br)c1)C(=O)NC(CO)c1ccccc1. The molecule has 0 saturated heterocycles. The molecule has 1 amide bonds. The first-order valence-corrected chi connectivity index (χ1v) is 8.75. The lowest BCUT2D eigenvalue weighted by atomic mass is 10.0. The lowest BCUT2D eigenvalue weighted by Gasteiger charge is -2.20. The predicted octanol–water partition coefficient (Wildman–Crippen LogP) is 2.93. The second-order valence-corrected chi connectivity index (χ2v) is 7.07. The summed E-state index contributed by atoms with van der Waals surface area (Å²) in [7, 11) is 0. The summed E-state index contributed by atoms with van der Waals surface area (Å²) >= 11 is 6.84. The van der Waals surface area contributed by atoms with Gasteiger partial charge < -0.3 is 16.2 Å². The molecule has 0 bridgehead atoms. The zero-order chi connectivity index (χ0) is 16.8. The molecule has 4 nitrogen and oxygen atoms in total. The molecule has 2 aromatic rings. The molecular weight excluding hydrogens is 424 g/mol. The van der Waals surface area contributed by atoms with Crippen molar-refractivity contribution < 1.29 is 9.90 Å². The molecule has 0 aliphatic carbocycles. The van der Waals surface area contributed by atoms with Crippen LogP contribution in [0.25, 0.3) is 0 Å². The molecule has 2 atom stereocenters. The van der Waals surface area contributed by atoms with Crippen molar-refractivity contribution in [1.29, 1.82) is 0 Å². The number of nitrogens with two attached hydrogens (primary N) is 1. The van der Waals surface area contributed by atoms with E-state index in [-0.39, 0.29) is 12.5 Å². The minimum Gasteiger partial charge on any atom is -0.394 e. The summed E-state index contributed by atoms with van der Waals surface area (Å²) in [5, 5.41) is 12.3. The molecule has 122 valence electrons. The van der Waals surface area contributed by atoms with Gasteiger partial charge in [-0.25, -0.2) is 0 Å². The molecule has 0 spiro atoms. The van der Waals surface area contributed by atoms with E-state index in [1.165, 1.54) is 0 Å². The van der Waals surface area contributed by atoms with Crippen molar-refractivity contribution in [2.24, 2.45) is 5.73 Å². The van der Waals surface area contributed by atoms with Crippen LogP contribution in [0.2, 0.25) is 0 Å². The van der Waals surface area contributed by atoms with Gasteiger partial charge in [0.2, 0.25) is 5.91 Å². The number of aliphatic hydroxyl groups is 1. The Morgan fingerprint density at radius 1 is 1.13 bits per heavy atom. The van der Waals surface area contributed by atoms with Gasteiger partial charge in [0.1, 0.15) is 0 Å². The summed E-state index contributed by atoms with van der Waals surface area (Å²) in [4.78, 5) is 12.3. The van der Waals surface area contributed by atoms with Crippen molar-refractivity contribution in [2.75, 3.05) is 6.61 Å². The molecule has 2 aromatic carbocycles. The number of hydrogen-bond acceptors (Lipinski definition) is 3. The molecule has 0 aromatic heterocycles. The number of aliphatic hydroxyl groups excluding tert-OH is 1. The predicted molar refractivity (Wildman–Crippen MR) is 97.9 cm³/mol. The Balaban J connectivity index is 2.01. The number of amides is 1. The first-order valence-electron chi connectivity index (χ1n) is 7.16. The van der Waals surface area contributed by atoms with Crippen LogP contribution in [-0.4, -0.2) is 23.7 Å². The van der Waals surface area contributed by atoms with E-state index in [4.69, 9.17) is 5.73 Å². The van der Waals surface area contributed by atoms with Crippen molar-refractivity contribution in [3.63, 3.8) is 0 Å². The van der Waals surface area contributed by atoms with E-state index in [1.54, 1.807) is 0 Å². The van der Waals surface area contributed by atoms with Crippen molar-refractivity contribution in [3.8, 4) is 0 Å². The molecule has 4 N–H and O–H groups in total. The second kappa shape index (κ2) is 8.59. The number of rotatable bonds is 6. The Morgan fingerprint density at radius 2 is 1.74 bits per heavy atom. The molecule has 0 heterocycles. The average molecular weight is 442 g/mol. The smallest absolute Gasteiger partial charge is 0.237 e. The lowest BCUT2D eigenvalue weighted by molar-refractivity contribution is -0.123. The summed E-state index contributed by atoms with van der Waals surface area (Å²) < 4.78 is 1.85. The third-order valence-corrected chi connectivity index (χ3v) is 4.33. The van der Waals surface area contributed by atoms with Crippen molar-refractivity contribution in [2.45, 2.75) is 18.5 Å². The van der Waals surface area contributed by atoms with Gasteiger partial charge in [0, 0.05) is 8.95 Å². The molecule has 2 rings (SSSR count). The molecule has 23 heavy (non-hydrogen) atoms. The Hall–Kier alpha value is -1.21. The van der Waals surface area contributed by atoms with Crippen LogP contribution < -0.4 is 11.1 Å². The average Bonchev–Trinajstić information content (AvgIpc) is 2.52. The van der Waals surface area contributed by atoms with Gasteiger partial charge in [-0.1, -0.05) is 62.2 Å². The van der Waals surface area contributed by atoms with Crippen molar-refractivity contribution in [3.05, 3.63) is 68.6 Å². The first-order chi connectivity index (χ1) is 11.0. The third-order valence-electron chi connectivity index (χ3n) is 3.42. The van der Waals surface area contributed by atoms with E-state index in [0.29, 0.717) is 6.42 Å². The zero-order valence-corrected chi connectivity index (χ0v) is 15.5. The number of carbonyl (C=O) groups excluding carboxylic acids is 1. The largest absolute Gasteiger partial charge is 0.394 e. The fourth-order valence-corrected chi connectivity index (χ4v) is 3.66. The molecule has 0 fully saturated rings. The molecule has 0 radical (unpaired) electrons. The Kier molecular flexibility index (Phi) is 6.77. The van der Waals surface area contributed by atoms with Gasteiger partial charge in [-0.15, -0.1) is 0 Å². The Bertz CT molecular complexity index is 645. The maximum Gasteiger partial charge on any atom is 0.237 e. The van der Waals surface area contributed by atoms with Gasteiger partial charge in [-0.05, 0) is 35.7 Å². The van der Waals surface area contributed by atoms with Gasteiger partial charge in [0.25, 0.3) is 0 Å². The molecule has 0 aliphatic heterocycles. The number of benzene rings is 2. The number of hydrogen-bond donors (Lipinski definition) is 3. The summed E-state index contributed by atoms with van der Waals surface area (Å²) in [6.07, 6.45) is 0.414. The minimum absolute atomic E-state index is 0.176. The normalized spacial score (nSPS) is 13.4. The second-order valence-electron chi connectivity index (χ2n) is 5.24. The topological polar surface area (TPSA) is 75.4 Å². The number of carbonyl (C=O) groups is 1. The van der Waals surface area contributed by atoms with E-state index in [1.807, 2.05) is 48.5 Å². The maximum atomic E-state index is 12.3. The summed E-state index contributed by atoms with van der Waals surface area (Å²) in [6.45, 7) is -0.176. The summed E-state index contributed by atoms with van der Waals surface area (Å²) in [6, 6.07) is 14.0. The van der Waals surface area contributed by atoms with E-state index >= 15 is 0 Å². The van der Waals surface area contributed by atoms with Gasteiger partial charge in [0.05, 0.1) is 18.7 Å². The highest BCUT2D eigenvalue weighted by atomic mass is 79.9. The fourth-order valence-electron chi connectivity index (χ4n) is 2.27. The fraction of sp³-hybridized carbons (Fsp3) is 0.235. The number of nitrogens with one attached hydrogen (secondary N) is 1. The standard InChI is InChI=1S/C17H18Br2N2O2/c18-13-6-11(7-14(19)9-13)8-15(20)17(23)21-16(10-22)12-4-2-1-3-5-12/h1-7,9,15-16,22H,8,10,20H2,(H,21,23). The highest BCUT2D eigenvalue weighted by Gasteiger charge is 2.19. The monoisotopic (exact) mass is 440 g/mol. The Labute approximate surface area is 152 Å². The zero-order valence-electron chi connectivity index (χ0n) is 12.4. The van der Waals surface area contributed by atoms with Crippen molar-refractivity contribution in [1.82, 2.24) is 5.32 Å². The highest BCUT2D eigenvalue weighted by molar-refractivity contribution is 9.11. The van der Waals surface area contributed by atoms with E-state index in [9.17, 15) is 9.90 Å². The van der Waals surface area contributed by atoms with Crippen molar-refractivity contribution >= 4 is 37.8 Å². The van der Waals surface area contributed by atoms with Gasteiger partial charge in [-0.2, -0.15) is 0 Å². The van der Waals surface area contributed by atoms with Crippen LogP contribution in [0.15, 0.2) is 57.5 Å². The van der Waals surface area contributed by atoms with Crippen LogP contribution in [0.4, 0.5) is 0 Å². The van der Waals surface area contributed by atoms with Gasteiger partial charge >= 0.3 is 0 Å². The summed E-state index contributed by atoms with van der Waals surface area (Å²) in [5.74, 6) is -0.288.